The van der Waals surface area contributed by atoms with Crippen LogP contribution >= 0.6 is 22.6 Å². The molecule has 54 heavy (non-hydrogen) atoms. The number of carbonyl (C=O) groups is 2. The number of benzene rings is 5. The van der Waals surface area contributed by atoms with Crippen molar-refractivity contribution in [1.29, 1.82) is 0 Å². The average molecular weight is 850 g/mol. The number of imide groups is 1. The van der Waals surface area contributed by atoms with Crippen LogP contribution in [0.15, 0.2) is 84.9 Å². The third-order valence-electron chi connectivity index (χ3n) is 10.1. The lowest BCUT2D eigenvalue weighted by atomic mass is 9.96. The molecular formula is C40H28F4IN3O6. The first-order valence-corrected chi connectivity index (χ1v) is 18.3. The Labute approximate surface area is 316 Å². The number of ether oxygens (including phenoxy) is 3. The molecule has 2 unspecified atom stereocenters. The van der Waals surface area contributed by atoms with E-state index in [9.17, 15) is 23.5 Å². The second-order valence-electron chi connectivity index (χ2n) is 13.4. The first kappa shape index (κ1) is 34.9. The van der Waals surface area contributed by atoms with Crippen molar-refractivity contribution in [2.24, 2.45) is 0 Å². The maximum Gasteiger partial charge on any atom is 0.259 e. The number of nitrogens with zero attached hydrogens (tertiary/aromatic N) is 1. The minimum atomic E-state index is -1.25. The Morgan fingerprint density at radius 3 is 2.02 bits per heavy atom. The number of hydrogen-bond donors (Lipinski definition) is 3. The zero-order valence-corrected chi connectivity index (χ0v) is 30.1. The number of halogens is 5. The van der Waals surface area contributed by atoms with Crippen molar-refractivity contribution in [2.45, 2.75) is 48.3 Å². The number of fused-ring (bicyclic) bond motifs is 10. The third kappa shape index (κ3) is 5.66. The molecule has 0 saturated carbocycles. The molecule has 2 aliphatic heterocycles. The first-order valence-electron chi connectivity index (χ1n) is 17.0. The van der Waals surface area contributed by atoms with E-state index < -0.39 is 63.7 Å². The zero-order valence-electron chi connectivity index (χ0n) is 27.9. The third-order valence-corrected chi connectivity index (χ3v) is 10.9. The number of carbonyl (C=O) groups excluding carboxylic acids is 2. The van der Waals surface area contributed by atoms with Crippen LogP contribution in [0.1, 0.15) is 44.5 Å². The highest BCUT2D eigenvalue weighted by atomic mass is 127. The van der Waals surface area contributed by atoms with Crippen LogP contribution in [0.25, 0.3) is 43.6 Å². The molecule has 274 valence electrons. The molecule has 14 heteroatoms. The molecule has 5 aromatic carbocycles. The van der Waals surface area contributed by atoms with Crippen molar-refractivity contribution >= 4 is 78.0 Å². The summed E-state index contributed by atoms with van der Waals surface area (Å²) in [5, 5.41) is 13.6. The van der Waals surface area contributed by atoms with Gasteiger partial charge in [0, 0.05) is 45.6 Å². The van der Waals surface area contributed by atoms with Gasteiger partial charge in [0.15, 0.2) is 29.5 Å². The Bertz CT molecular complexity index is 2650. The van der Waals surface area contributed by atoms with E-state index in [0.717, 1.165) is 35.4 Å². The van der Waals surface area contributed by atoms with Crippen LogP contribution in [-0.2, 0) is 27.4 Å². The van der Waals surface area contributed by atoms with E-state index in [2.05, 4.69) is 10.3 Å². The van der Waals surface area contributed by atoms with Gasteiger partial charge < -0.3 is 28.9 Å². The minimum absolute atomic E-state index is 0.0606. The van der Waals surface area contributed by atoms with Gasteiger partial charge in [-0.15, -0.1) is 0 Å². The van der Waals surface area contributed by atoms with Gasteiger partial charge in [0.25, 0.3) is 11.8 Å². The number of alkyl halides is 1. The summed E-state index contributed by atoms with van der Waals surface area (Å²) >= 11 is 1.83. The van der Waals surface area contributed by atoms with Gasteiger partial charge in [-0.1, -0.05) is 60.7 Å². The number of amides is 2. The summed E-state index contributed by atoms with van der Waals surface area (Å²) in [6.07, 6.45) is -3.67. The van der Waals surface area contributed by atoms with Crippen molar-refractivity contribution in [3.05, 3.63) is 130 Å². The summed E-state index contributed by atoms with van der Waals surface area (Å²) in [7, 11) is 0. The molecule has 9 rings (SSSR count). The van der Waals surface area contributed by atoms with E-state index in [-0.39, 0.29) is 74.4 Å². The van der Waals surface area contributed by atoms with Crippen LogP contribution in [0.2, 0.25) is 0 Å². The van der Waals surface area contributed by atoms with Crippen LogP contribution in [0.3, 0.4) is 0 Å². The molecule has 0 radical (unpaired) electrons. The highest BCUT2D eigenvalue weighted by Gasteiger charge is 2.46. The molecule has 0 bridgehead atoms. The van der Waals surface area contributed by atoms with Crippen LogP contribution in [-0.4, -0.2) is 48.9 Å². The fourth-order valence-electron chi connectivity index (χ4n) is 7.77. The summed E-state index contributed by atoms with van der Waals surface area (Å²) in [5.74, 6) is -6.37. The van der Waals surface area contributed by atoms with Crippen molar-refractivity contribution < 1.29 is 46.5 Å². The first-order chi connectivity index (χ1) is 26.1. The largest absolute Gasteiger partial charge is 0.380 e. The molecule has 2 aromatic heterocycles. The number of aromatic nitrogens is 2. The van der Waals surface area contributed by atoms with Crippen molar-refractivity contribution in [2.75, 3.05) is 0 Å². The van der Waals surface area contributed by atoms with E-state index in [4.69, 9.17) is 14.2 Å². The molecule has 2 amide bonds. The molecule has 9 nitrogen and oxygen atoms in total. The molecule has 1 saturated heterocycles. The Morgan fingerprint density at radius 1 is 0.796 bits per heavy atom. The molecular weight excluding hydrogens is 821 g/mol. The number of aromatic amines is 1. The van der Waals surface area contributed by atoms with Gasteiger partial charge in [-0.3, -0.25) is 14.9 Å². The van der Waals surface area contributed by atoms with Crippen molar-refractivity contribution in [3.8, 4) is 0 Å². The Morgan fingerprint density at radius 2 is 1.37 bits per heavy atom. The zero-order chi connectivity index (χ0) is 37.4. The number of rotatable bonds is 8. The lowest BCUT2D eigenvalue weighted by molar-refractivity contribution is -0.236. The molecule has 3 N–H and O–H groups in total. The highest BCUT2D eigenvalue weighted by molar-refractivity contribution is 14.1. The van der Waals surface area contributed by atoms with Gasteiger partial charge in [0.2, 0.25) is 0 Å². The number of aliphatic hydroxyl groups is 1. The normalized spacial score (nSPS) is 20.7. The lowest BCUT2D eigenvalue weighted by Gasteiger charge is -2.43. The molecule has 0 spiro atoms. The Hall–Kier alpha value is -4.87. The number of H-pyrrole nitrogens is 1. The van der Waals surface area contributed by atoms with Crippen LogP contribution in [0.4, 0.5) is 17.6 Å². The lowest BCUT2D eigenvalue weighted by Crippen LogP contribution is -2.50. The van der Waals surface area contributed by atoms with Gasteiger partial charge in [-0.25, -0.2) is 17.6 Å². The van der Waals surface area contributed by atoms with Gasteiger partial charge in [-0.05, 0) is 45.9 Å². The summed E-state index contributed by atoms with van der Waals surface area (Å²) in [6.45, 7) is 0.250. The van der Waals surface area contributed by atoms with E-state index in [1.807, 2.05) is 83.3 Å². The van der Waals surface area contributed by atoms with E-state index in [1.165, 1.54) is 4.57 Å². The summed E-state index contributed by atoms with van der Waals surface area (Å²) in [6, 6.07) is 22.5. The average Bonchev–Trinajstić information content (AvgIpc) is 3.78. The number of hydrogen-bond acceptors (Lipinski definition) is 6. The topological polar surface area (TPSA) is 115 Å². The van der Waals surface area contributed by atoms with Gasteiger partial charge in [-0.2, -0.15) is 0 Å². The summed E-state index contributed by atoms with van der Waals surface area (Å²) in [5.41, 5.74) is 1.87. The molecule has 5 atom stereocenters. The van der Waals surface area contributed by atoms with Crippen molar-refractivity contribution in [3.63, 3.8) is 0 Å². The SMILES string of the molecule is O=C1NC(=O)c2c1c1c3cc(F)c(F)cc3[nH]c1c1c2c2cc(F)c(F)cc2n1C1O[C@H](C(O)I)C[C@H](OCc2ccccc2)[C@H]1OCc1ccccc1. The monoisotopic (exact) mass is 849 g/mol. The fraction of sp³-hybridized carbons (Fsp3) is 0.200. The van der Waals surface area contributed by atoms with Gasteiger partial charge >= 0.3 is 0 Å². The van der Waals surface area contributed by atoms with Crippen LogP contribution in [0, 0.1) is 23.3 Å². The summed E-state index contributed by atoms with van der Waals surface area (Å²) in [4.78, 5) is 30.2. The number of aliphatic hydroxyl groups excluding tert-OH is 1. The molecule has 0 aliphatic carbocycles. The van der Waals surface area contributed by atoms with E-state index in [1.54, 1.807) is 0 Å². The van der Waals surface area contributed by atoms with Crippen LogP contribution < -0.4 is 5.32 Å². The Balaban J connectivity index is 1.35. The highest BCUT2D eigenvalue weighted by Crippen LogP contribution is 2.47. The fourth-order valence-corrected chi connectivity index (χ4v) is 8.23. The predicted molar refractivity (Wildman–Crippen MR) is 199 cm³/mol. The maximum atomic E-state index is 15.4. The predicted octanol–water partition coefficient (Wildman–Crippen LogP) is 8.08. The maximum absolute atomic E-state index is 15.4. The second kappa shape index (κ2) is 13.5. The molecule has 1 fully saturated rings. The van der Waals surface area contributed by atoms with Gasteiger partial charge in [0.1, 0.15) is 10.2 Å². The standard InChI is InChI=1S/C40H28F4IN3O6/c41-22-11-20-26(13-24(22)43)46-34-30(20)32-33(39(51)47-38(32)50)31-21-12-23(42)25(44)14-27(21)48(35(31)34)40-36(53-17-19-9-5-2-6-10-19)28(15-29(54-40)37(45)49)52-16-18-7-3-1-4-8-18/h1-14,28-29,36-37,40,46,49H,15-17H2,(H,47,50,51)/t28-,29-,36+,37?,40?/m0/s1. The van der Waals surface area contributed by atoms with Crippen LogP contribution in [0.5, 0.6) is 0 Å². The van der Waals surface area contributed by atoms with E-state index >= 15 is 8.78 Å². The van der Waals surface area contributed by atoms with Crippen molar-refractivity contribution in [1.82, 2.24) is 14.9 Å². The van der Waals surface area contributed by atoms with E-state index in [0.29, 0.717) is 0 Å². The molecule has 4 heterocycles. The molecule has 7 aromatic rings. The van der Waals surface area contributed by atoms with Gasteiger partial charge in [0.05, 0.1) is 53.1 Å². The second-order valence-corrected chi connectivity index (χ2v) is 14.6. The quantitative estimate of drug-likeness (QED) is 0.0617. The summed E-state index contributed by atoms with van der Waals surface area (Å²) < 4.78 is 80.5. The smallest absolute Gasteiger partial charge is 0.259 e. The number of nitrogens with one attached hydrogen (secondary N) is 2. The molecule has 2 aliphatic rings. The Kier molecular flexibility index (Phi) is 8.69. The minimum Gasteiger partial charge on any atom is -0.380 e.